The van der Waals surface area contributed by atoms with Crippen molar-refractivity contribution in [3.8, 4) is 0 Å². The van der Waals surface area contributed by atoms with E-state index in [2.05, 4.69) is 5.32 Å². The molecule has 1 aromatic carbocycles. The van der Waals surface area contributed by atoms with Crippen LogP contribution in [0.5, 0.6) is 0 Å². The molecule has 19 heavy (non-hydrogen) atoms. The molecule has 4 nitrogen and oxygen atoms in total. The summed E-state index contributed by atoms with van der Waals surface area (Å²) in [6.07, 6.45) is 3.68. The Labute approximate surface area is 112 Å². The van der Waals surface area contributed by atoms with Gasteiger partial charge in [0.1, 0.15) is 0 Å². The zero-order valence-electron chi connectivity index (χ0n) is 10.9. The summed E-state index contributed by atoms with van der Waals surface area (Å²) in [4.78, 5) is 11.8. The number of furan rings is 1. The minimum absolute atomic E-state index is 0.0329. The standard InChI is InChI=1S/C15H18N2O2/c1-11(13-2-4-14(16)5-3-13)8-15(18)17-9-12-6-7-19-10-12/h2-7,10-11H,8-9,16H2,1H3,(H,17,18). The fourth-order valence-electron chi connectivity index (χ4n) is 1.89. The molecular weight excluding hydrogens is 240 g/mol. The summed E-state index contributed by atoms with van der Waals surface area (Å²) in [5.41, 5.74) is 8.46. The van der Waals surface area contributed by atoms with Gasteiger partial charge in [0.05, 0.1) is 12.5 Å². The molecule has 3 N–H and O–H groups in total. The van der Waals surface area contributed by atoms with Gasteiger partial charge in [0.2, 0.25) is 5.91 Å². The van der Waals surface area contributed by atoms with Crippen LogP contribution in [0.3, 0.4) is 0 Å². The second kappa shape index (κ2) is 6.09. The topological polar surface area (TPSA) is 68.3 Å². The monoisotopic (exact) mass is 258 g/mol. The molecule has 1 heterocycles. The predicted molar refractivity (Wildman–Crippen MR) is 74.4 cm³/mol. The van der Waals surface area contributed by atoms with Crippen LogP contribution in [-0.2, 0) is 11.3 Å². The van der Waals surface area contributed by atoms with E-state index in [0.717, 1.165) is 16.8 Å². The average Bonchev–Trinajstić information content (AvgIpc) is 2.90. The first-order valence-electron chi connectivity index (χ1n) is 6.28. The Morgan fingerprint density at radius 3 is 2.68 bits per heavy atom. The van der Waals surface area contributed by atoms with Crippen LogP contribution < -0.4 is 11.1 Å². The van der Waals surface area contributed by atoms with Crippen LogP contribution in [0, 0.1) is 0 Å². The van der Waals surface area contributed by atoms with E-state index in [4.69, 9.17) is 10.2 Å². The fraction of sp³-hybridized carbons (Fsp3) is 0.267. The van der Waals surface area contributed by atoms with Gasteiger partial charge in [-0.1, -0.05) is 19.1 Å². The summed E-state index contributed by atoms with van der Waals surface area (Å²) in [5.74, 6) is 0.204. The van der Waals surface area contributed by atoms with Crippen LogP contribution in [-0.4, -0.2) is 5.91 Å². The number of carbonyl (C=O) groups excluding carboxylic acids is 1. The lowest BCUT2D eigenvalue weighted by Crippen LogP contribution is -2.23. The summed E-state index contributed by atoms with van der Waals surface area (Å²) < 4.78 is 4.95. The highest BCUT2D eigenvalue weighted by Gasteiger charge is 2.11. The summed E-state index contributed by atoms with van der Waals surface area (Å²) in [6.45, 7) is 2.53. The SMILES string of the molecule is CC(CC(=O)NCc1ccoc1)c1ccc(N)cc1. The van der Waals surface area contributed by atoms with E-state index in [1.165, 1.54) is 0 Å². The minimum atomic E-state index is 0.0329. The van der Waals surface area contributed by atoms with Crippen molar-refractivity contribution in [2.45, 2.75) is 25.8 Å². The molecule has 0 aliphatic heterocycles. The maximum absolute atomic E-state index is 11.8. The molecule has 100 valence electrons. The van der Waals surface area contributed by atoms with Crippen LogP contribution in [0.2, 0.25) is 0 Å². The number of rotatable bonds is 5. The summed E-state index contributed by atoms with van der Waals surface area (Å²) in [5, 5.41) is 2.87. The summed E-state index contributed by atoms with van der Waals surface area (Å²) >= 11 is 0. The van der Waals surface area contributed by atoms with Gasteiger partial charge >= 0.3 is 0 Å². The van der Waals surface area contributed by atoms with Crippen molar-refractivity contribution < 1.29 is 9.21 Å². The zero-order valence-corrected chi connectivity index (χ0v) is 10.9. The second-order valence-electron chi connectivity index (χ2n) is 4.68. The number of amides is 1. The van der Waals surface area contributed by atoms with Gasteiger partial charge in [0.15, 0.2) is 0 Å². The molecule has 0 bridgehead atoms. The Bertz CT molecular complexity index is 518. The molecule has 0 saturated heterocycles. The van der Waals surface area contributed by atoms with E-state index in [-0.39, 0.29) is 11.8 Å². The van der Waals surface area contributed by atoms with E-state index in [1.807, 2.05) is 37.3 Å². The Hall–Kier alpha value is -2.23. The quantitative estimate of drug-likeness (QED) is 0.810. The van der Waals surface area contributed by atoms with E-state index in [1.54, 1.807) is 12.5 Å². The zero-order chi connectivity index (χ0) is 13.7. The van der Waals surface area contributed by atoms with Crippen molar-refractivity contribution in [1.82, 2.24) is 5.32 Å². The highest BCUT2D eigenvalue weighted by Crippen LogP contribution is 2.19. The van der Waals surface area contributed by atoms with Crippen molar-refractivity contribution in [2.24, 2.45) is 0 Å². The third kappa shape index (κ3) is 3.88. The van der Waals surface area contributed by atoms with Crippen LogP contribution in [0.4, 0.5) is 5.69 Å². The maximum Gasteiger partial charge on any atom is 0.220 e. The van der Waals surface area contributed by atoms with E-state index < -0.39 is 0 Å². The lowest BCUT2D eigenvalue weighted by atomic mass is 9.97. The summed E-state index contributed by atoms with van der Waals surface area (Å²) in [7, 11) is 0. The van der Waals surface area contributed by atoms with Crippen molar-refractivity contribution in [2.75, 3.05) is 5.73 Å². The number of anilines is 1. The van der Waals surface area contributed by atoms with Crippen molar-refractivity contribution in [1.29, 1.82) is 0 Å². The Kier molecular flexibility index (Phi) is 4.23. The van der Waals surface area contributed by atoms with E-state index in [9.17, 15) is 4.79 Å². The van der Waals surface area contributed by atoms with Crippen LogP contribution in [0.15, 0.2) is 47.3 Å². The average molecular weight is 258 g/mol. The second-order valence-corrected chi connectivity index (χ2v) is 4.68. The number of carbonyl (C=O) groups is 1. The highest BCUT2D eigenvalue weighted by molar-refractivity contribution is 5.76. The van der Waals surface area contributed by atoms with Crippen LogP contribution in [0.1, 0.15) is 30.4 Å². The number of hydrogen-bond donors (Lipinski definition) is 2. The molecule has 0 saturated carbocycles. The highest BCUT2D eigenvalue weighted by atomic mass is 16.3. The molecule has 1 atom stereocenters. The van der Waals surface area contributed by atoms with Gasteiger partial charge in [-0.2, -0.15) is 0 Å². The first-order valence-corrected chi connectivity index (χ1v) is 6.28. The lowest BCUT2D eigenvalue weighted by molar-refractivity contribution is -0.121. The predicted octanol–water partition coefficient (Wildman–Crippen LogP) is 2.67. The number of benzene rings is 1. The Morgan fingerprint density at radius 2 is 2.05 bits per heavy atom. The number of hydrogen-bond acceptors (Lipinski definition) is 3. The molecule has 1 aromatic heterocycles. The number of nitrogen functional groups attached to an aromatic ring is 1. The van der Waals surface area contributed by atoms with Gasteiger partial charge in [-0.25, -0.2) is 0 Å². The fourth-order valence-corrected chi connectivity index (χ4v) is 1.89. The Balaban J connectivity index is 1.83. The van der Waals surface area contributed by atoms with Crippen LogP contribution in [0.25, 0.3) is 0 Å². The molecule has 4 heteroatoms. The molecule has 0 fully saturated rings. The number of nitrogens with two attached hydrogens (primary N) is 1. The maximum atomic E-state index is 11.8. The third-order valence-electron chi connectivity index (χ3n) is 3.07. The van der Waals surface area contributed by atoms with Gasteiger partial charge in [-0.3, -0.25) is 4.79 Å². The molecule has 2 rings (SSSR count). The largest absolute Gasteiger partial charge is 0.472 e. The lowest BCUT2D eigenvalue weighted by Gasteiger charge is -2.12. The smallest absolute Gasteiger partial charge is 0.220 e. The summed E-state index contributed by atoms with van der Waals surface area (Å²) in [6, 6.07) is 9.47. The van der Waals surface area contributed by atoms with E-state index >= 15 is 0 Å². The van der Waals surface area contributed by atoms with Crippen molar-refractivity contribution in [3.05, 3.63) is 54.0 Å². The number of nitrogens with one attached hydrogen (secondary N) is 1. The molecule has 0 spiro atoms. The van der Waals surface area contributed by atoms with E-state index in [0.29, 0.717) is 13.0 Å². The van der Waals surface area contributed by atoms with Gasteiger partial charge < -0.3 is 15.5 Å². The van der Waals surface area contributed by atoms with Crippen molar-refractivity contribution in [3.63, 3.8) is 0 Å². The molecule has 0 radical (unpaired) electrons. The molecule has 1 amide bonds. The normalized spacial score (nSPS) is 12.1. The molecule has 1 unspecified atom stereocenters. The first-order chi connectivity index (χ1) is 9.15. The molecule has 0 aliphatic rings. The van der Waals surface area contributed by atoms with Gasteiger partial charge in [-0.05, 0) is 29.7 Å². The Morgan fingerprint density at radius 1 is 1.32 bits per heavy atom. The van der Waals surface area contributed by atoms with Crippen LogP contribution >= 0.6 is 0 Å². The van der Waals surface area contributed by atoms with Crippen molar-refractivity contribution >= 4 is 11.6 Å². The first kappa shape index (κ1) is 13.2. The van der Waals surface area contributed by atoms with Gasteiger partial charge in [0.25, 0.3) is 0 Å². The molecular formula is C15H18N2O2. The minimum Gasteiger partial charge on any atom is -0.472 e. The molecule has 0 aliphatic carbocycles. The van der Waals surface area contributed by atoms with Gasteiger partial charge in [-0.15, -0.1) is 0 Å². The van der Waals surface area contributed by atoms with Gasteiger partial charge in [0, 0.05) is 24.2 Å². The molecule has 2 aromatic rings. The third-order valence-corrected chi connectivity index (χ3v) is 3.07.